The number of thioether (sulfide) groups is 1. The highest BCUT2D eigenvalue weighted by Crippen LogP contribution is 2.37. The van der Waals surface area contributed by atoms with Crippen molar-refractivity contribution < 1.29 is 9.47 Å². The van der Waals surface area contributed by atoms with Crippen LogP contribution in [0.2, 0.25) is 5.02 Å². The van der Waals surface area contributed by atoms with Gasteiger partial charge in [0.05, 0.1) is 5.69 Å². The van der Waals surface area contributed by atoms with Crippen molar-refractivity contribution in [3.8, 4) is 11.5 Å². The second kappa shape index (κ2) is 9.80. The van der Waals surface area contributed by atoms with Gasteiger partial charge in [-0.05, 0) is 18.6 Å². The van der Waals surface area contributed by atoms with E-state index in [1.165, 1.54) is 11.3 Å². The number of rotatable bonds is 8. The molecule has 5 N–H and O–H groups in total. The summed E-state index contributed by atoms with van der Waals surface area (Å²) in [7, 11) is 0. The van der Waals surface area contributed by atoms with Gasteiger partial charge in [0.15, 0.2) is 17.5 Å². The van der Waals surface area contributed by atoms with Crippen molar-refractivity contribution >= 4 is 45.8 Å². The van der Waals surface area contributed by atoms with Crippen molar-refractivity contribution in [2.75, 3.05) is 12.5 Å². The first kappa shape index (κ1) is 22.4. The van der Waals surface area contributed by atoms with Gasteiger partial charge in [0, 0.05) is 52.1 Å². The summed E-state index contributed by atoms with van der Waals surface area (Å²) in [5.74, 6) is 3.39. The number of benzene rings is 1. The maximum Gasteiger partial charge on any atom is 0.254 e. The maximum absolute atomic E-state index is 12.7. The molecule has 0 spiro atoms. The van der Waals surface area contributed by atoms with Crippen LogP contribution in [0.25, 0.3) is 0 Å². The lowest BCUT2D eigenvalue weighted by Gasteiger charge is -2.09. The summed E-state index contributed by atoms with van der Waals surface area (Å²) in [5.41, 5.74) is 13.5. The van der Waals surface area contributed by atoms with E-state index in [0.717, 1.165) is 22.8 Å². The van der Waals surface area contributed by atoms with E-state index in [0.29, 0.717) is 51.6 Å². The first-order valence-electron chi connectivity index (χ1n) is 9.67. The predicted octanol–water partition coefficient (Wildman–Crippen LogP) is 2.89. The van der Waals surface area contributed by atoms with Crippen molar-refractivity contribution in [2.45, 2.75) is 25.5 Å². The zero-order chi connectivity index (χ0) is 22.7. The summed E-state index contributed by atoms with van der Waals surface area (Å²) in [4.78, 5) is 28.5. The van der Waals surface area contributed by atoms with Crippen molar-refractivity contribution in [3.05, 3.63) is 61.2 Å². The number of aromatic amines is 1. The van der Waals surface area contributed by atoms with Gasteiger partial charge in [-0.25, -0.2) is 9.97 Å². The van der Waals surface area contributed by atoms with Crippen LogP contribution in [0.4, 0.5) is 5.13 Å². The Hall–Kier alpha value is -2.76. The van der Waals surface area contributed by atoms with Crippen molar-refractivity contribution in [3.63, 3.8) is 0 Å². The molecule has 0 atom stereocenters. The summed E-state index contributed by atoms with van der Waals surface area (Å²) in [6, 6.07) is 3.52. The molecule has 1 aromatic carbocycles. The Labute approximate surface area is 197 Å². The van der Waals surface area contributed by atoms with Crippen molar-refractivity contribution in [1.82, 2.24) is 15.0 Å². The molecule has 4 rings (SSSR count). The van der Waals surface area contributed by atoms with Gasteiger partial charge < -0.3 is 25.9 Å². The first-order valence-corrected chi connectivity index (χ1v) is 12.1. The van der Waals surface area contributed by atoms with Gasteiger partial charge >= 0.3 is 0 Å². The highest BCUT2D eigenvalue weighted by atomic mass is 35.5. The Balaban J connectivity index is 1.36. The molecule has 0 amide bonds. The average molecular weight is 493 g/mol. The smallest absolute Gasteiger partial charge is 0.254 e. The number of aliphatic imine (C=N–C) groups is 1. The van der Waals surface area contributed by atoms with Crippen LogP contribution >= 0.6 is 34.7 Å². The van der Waals surface area contributed by atoms with Crippen LogP contribution in [-0.4, -0.2) is 33.5 Å². The second-order valence-corrected chi connectivity index (χ2v) is 9.36. The highest BCUT2D eigenvalue weighted by molar-refractivity contribution is 7.98. The zero-order valence-electron chi connectivity index (χ0n) is 17.2. The fourth-order valence-corrected chi connectivity index (χ4v) is 5.02. The molecule has 0 fully saturated rings. The molecule has 0 unspecified atom stereocenters. The zero-order valence-corrected chi connectivity index (χ0v) is 19.6. The average Bonchev–Trinajstić information content (AvgIpc) is 3.36. The molecule has 1 aliphatic heterocycles. The molecule has 0 bridgehead atoms. The monoisotopic (exact) mass is 492 g/mol. The number of hydrogen-bond acceptors (Lipinski definition) is 8. The molecule has 0 radical (unpaired) electrons. The number of halogens is 1. The lowest BCUT2D eigenvalue weighted by Crippen LogP contribution is -2.21. The Kier molecular flexibility index (Phi) is 6.87. The van der Waals surface area contributed by atoms with Gasteiger partial charge in [-0.1, -0.05) is 11.6 Å². The van der Waals surface area contributed by atoms with Crippen LogP contribution in [0.1, 0.15) is 28.3 Å². The molecular weight excluding hydrogens is 472 g/mol. The number of aromatic nitrogens is 3. The molecule has 0 saturated carbocycles. The Morgan fingerprint density at radius 2 is 2.09 bits per heavy atom. The van der Waals surface area contributed by atoms with E-state index in [4.69, 9.17) is 32.5 Å². The number of hydrogen-bond donors (Lipinski definition) is 3. The Bertz CT molecular complexity index is 1220. The molecule has 3 heterocycles. The van der Waals surface area contributed by atoms with Crippen LogP contribution < -0.4 is 26.5 Å². The van der Waals surface area contributed by atoms with Gasteiger partial charge in [0.1, 0.15) is 5.82 Å². The lowest BCUT2D eigenvalue weighted by molar-refractivity contribution is 0.174. The van der Waals surface area contributed by atoms with E-state index in [-0.39, 0.29) is 18.3 Å². The molecule has 0 saturated heterocycles. The van der Waals surface area contributed by atoms with Crippen molar-refractivity contribution in [2.24, 2.45) is 16.5 Å². The number of guanidine groups is 1. The van der Waals surface area contributed by atoms with Crippen LogP contribution in [0.5, 0.6) is 11.5 Å². The van der Waals surface area contributed by atoms with Crippen LogP contribution in [0, 0.1) is 6.92 Å². The number of nitrogens with zero attached hydrogens (tertiary/aromatic N) is 3. The van der Waals surface area contributed by atoms with Crippen molar-refractivity contribution in [1.29, 1.82) is 0 Å². The summed E-state index contributed by atoms with van der Waals surface area (Å²) in [6.07, 6.45) is 0.997. The lowest BCUT2D eigenvalue weighted by atomic mass is 10.0. The van der Waals surface area contributed by atoms with Gasteiger partial charge in [0.25, 0.3) is 5.56 Å². The summed E-state index contributed by atoms with van der Waals surface area (Å²) < 4.78 is 10.7. The maximum atomic E-state index is 12.7. The van der Waals surface area contributed by atoms with Gasteiger partial charge in [-0.3, -0.25) is 4.79 Å². The topological polar surface area (TPSA) is 141 Å². The van der Waals surface area contributed by atoms with E-state index in [1.54, 1.807) is 17.8 Å². The molecule has 1 aliphatic rings. The second-order valence-electron chi connectivity index (χ2n) is 7.01. The minimum atomic E-state index is -0.160. The molecule has 0 aliphatic carbocycles. The number of nitrogens with two attached hydrogens (primary N) is 2. The number of aryl methyl sites for hydroxylation is 2. The quantitative estimate of drug-likeness (QED) is 0.247. The third-order valence-electron chi connectivity index (χ3n) is 4.68. The van der Waals surface area contributed by atoms with Gasteiger partial charge in [-0.15, -0.1) is 11.3 Å². The fourth-order valence-electron chi connectivity index (χ4n) is 3.15. The molecule has 9 nitrogen and oxygen atoms in total. The van der Waals surface area contributed by atoms with E-state index < -0.39 is 0 Å². The molecule has 3 aromatic rings. The normalized spacial score (nSPS) is 12.2. The number of thiazole rings is 1. The molecule has 2 aromatic heterocycles. The number of ether oxygens (including phenoxy) is 2. The number of nitrogens with one attached hydrogen (secondary N) is 1. The van der Waals surface area contributed by atoms with E-state index in [2.05, 4.69) is 19.9 Å². The SMILES string of the molecule is Cc1nc(CCSCc2csc(N=C(N)N)n2)[nH]c(=O)c1Cc1cc2c(cc1Cl)OCO2. The van der Waals surface area contributed by atoms with E-state index in [1.807, 2.05) is 18.4 Å². The summed E-state index contributed by atoms with van der Waals surface area (Å²) in [6.45, 7) is 2.01. The van der Waals surface area contributed by atoms with E-state index in [9.17, 15) is 4.79 Å². The van der Waals surface area contributed by atoms with Crippen LogP contribution in [-0.2, 0) is 18.6 Å². The third kappa shape index (κ3) is 5.34. The minimum Gasteiger partial charge on any atom is -0.454 e. The first-order chi connectivity index (χ1) is 15.4. The third-order valence-corrected chi connectivity index (χ3v) is 6.81. The fraction of sp³-hybridized carbons (Fsp3) is 0.300. The van der Waals surface area contributed by atoms with Crippen LogP contribution in [0.3, 0.4) is 0 Å². The Morgan fingerprint density at radius 1 is 1.31 bits per heavy atom. The molecule has 12 heteroatoms. The summed E-state index contributed by atoms with van der Waals surface area (Å²) >= 11 is 9.44. The molecule has 32 heavy (non-hydrogen) atoms. The standard InChI is InChI=1S/C20H21ClN6O3S2/c1-10-13(4-11-5-15-16(6-14(11)21)30-9-29-15)18(28)26-17(24-10)2-3-31-7-12-8-32-20(25-12)27-19(22)23/h5-6,8H,2-4,7,9H2,1H3,(H,24,26,28)(H4,22,23,25,27). The number of H-pyrrole nitrogens is 1. The predicted molar refractivity (Wildman–Crippen MR) is 127 cm³/mol. The van der Waals surface area contributed by atoms with Gasteiger partial charge in [-0.2, -0.15) is 16.8 Å². The largest absolute Gasteiger partial charge is 0.454 e. The highest BCUT2D eigenvalue weighted by Gasteiger charge is 2.18. The van der Waals surface area contributed by atoms with E-state index >= 15 is 0 Å². The van der Waals surface area contributed by atoms with Gasteiger partial charge in [0.2, 0.25) is 11.9 Å². The van der Waals surface area contributed by atoms with Crippen LogP contribution in [0.15, 0.2) is 27.3 Å². The summed E-state index contributed by atoms with van der Waals surface area (Å²) in [5, 5.41) is 2.99. The molecule has 168 valence electrons. The minimum absolute atomic E-state index is 0.00630. The number of fused-ring (bicyclic) bond motifs is 1. The molecular formula is C20H21ClN6O3S2. The Morgan fingerprint density at radius 3 is 2.84 bits per heavy atom.